The van der Waals surface area contributed by atoms with Gasteiger partial charge in [-0.3, -0.25) is 4.99 Å². The van der Waals surface area contributed by atoms with Crippen LogP contribution >= 0.6 is 11.3 Å². The average molecular weight is 407 g/mol. The van der Waals surface area contributed by atoms with E-state index in [1.807, 2.05) is 38.2 Å². The van der Waals surface area contributed by atoms with Gasteiger partial charge in [-0.15, -0.1) is 11.3 Å². The van der Waals surface area contributed by atoms with Gasteiger partial charge >= 0.3 is 0 Å². The quantitative estimate of drug-likeness (QED) is 0.371. The number of aliphatic imine (C=N–C) groups is 1. The molecule has 1 aromatic heterocycles. The molecule has 1 atom stereocenters. The van der Waals surface area contributed by atoms with Gasteiger partial charge in [0.15, 0.2) is 5.96 Å². The summed E-state index contributed by atoms with van der Waals surface area (Å²) >= 11 is 1.62. The molecule has 0 fully saturated rings. The maximum Gasteiger partial charge on any atom is 0.193 e. The highest BCUT2D eigenvalue weighted by molar-refractivity contribution is 7.09. The van der Waals surface area contributed by atoms with Crippen LogP contribution in [0.15, 0.2) is 34.6 Å². The molecular formula is C20H30N4O3S. The molecule has 1 N–H and O–H groups in total. The van der Waals surface area contributed by atoms with Gasteiger partial charge < -0.3 is 24.4 Å². The van der Waals surface area contributed by atoms with Crippen LogP contribution in [0.1, 0.15) is 30.2 Å². The SMILES string of the molecule is CN=C(NCCCOc1cccc(OC)c1)N(C)Cc1csc(C(C)OC)n1. The van der Waals surface area contributed by atoms with Crippen molar-refractivity contribution in [3.05, 3.63) is 40.3 Å². The van der Waals surface area contributed by atoms with E-state index in [0.29, 0.717) is 13.2 Å². The fourth-order valence-corrected chi connectivity index (χ4v) is 3.38. The first kappa shape index (κ1) is 22.0. The Bertz CT molecular complexity index is 751. The van der Waals surface area contributed by atoms with Crippen LogP contribution in [0.5, 0.6) is 11.5 Å². The second-order valence-electron chi connectivity index (χ2n) is 6.27. The van der Waals surface area contributed by atoms with Crippen LogP contribution in [0, 0.1) is 0 Å². The van der Waals surface area contributed by atoms with Crippen molar-refractivity contribution in [1.29, 1.82) is 0 Å². The molecule has 7 nitrogen and oxygen atoms in total. The molecule has 0 bridgehead atoms. The van der Waals surface area contributed by atoms with Gasteiger partial charge in [-0.25, -0.2) is 4.98 Å². The molecule has 0 aliphatic heterocycles. The highest BCUT2D eigenvalue weighted by Crippen LogP contribution is 2.21. The van der Waals surface area contributed by atoms with Gasteiger partial charge in [0.05, 0.1) is 26.0 Å². The number of thiazole rings is 1. The molecule has 154 valence electrons. The van der Waals surface area contributed by atoms with E-state index in [4.69, 9.17) is 14.2 Å². The third-order valence-corrected chi connectivity index (χ3v) is 5.21. The van der Waals surface area contributed by atoms with E-state index in [-0.39, 0.29) is 6.10 Å². The summed E-state index contributed by atoms with van der Waals surface area (Å²) in [7, 11) is 7.13. The number of guanidine groups is 1. The fourth-order valence-electron chi connectivity index (χ4n) is 2.54. The van der Waals surface area contributed by atoms with Crippen LogP contribution in [0.25, 0.3) is 0 Å². The lowest BCUT2D eigenvalue weighted by Crippen LogP contribution is -2.39. The second kappa shape index (κ2) is 11.5. The van der Waals surface area contributed by atoms with Crippen LogP contribution in [-0.2, 0) is 11.3 Å². The first-order valence-corrected chi connectivity index (χ1v) is 10.1. The molecule has 0 aliphatic carbocycles. The van der Waals surface area contributed by atoms with Gasteiger partial charge in [-0.2, -0.15) is 0 Å². The topological polar surface area (TPSA) is 68.2 Å². The van der Waals surface area contributed by atoms with Crippen molar-refractivity contribution in [2.24, 2.45) is 4.99 Å². The molecule has 0 amide bonds. The summed E-state index contributed by atoms with van der Waals surface area (Å²) in [5, 5.41) is 6.42. The molecular weight excluding hydrogens is 376 g/mol. The molecule has 8 heteroatoms. The predicted octanol–water partition coefficient (Wildman–Crippen LogP) is 3.34. The van der Waals surface area contributed by atoms with E-state index in [1.165, 1.54) is 0 Å². The number of nitrogens with one attached hydrogen (secondary N) is 1. The monoisotopic (exact) mass is 406 g/mol. The number of hydrogen-bond acceptors (Lipinski definition) is 6. The van der Waals surface area contributed by atoms with Crippen molar-refractivity contribution < 1.29 is 14.2 Å². The van der Waals surface area contributed by atoms with Gasteiger partial charge in [0, 0.05) is 39.2 Å². The molecule has 0 aliphatic rings. The summed E-state index contributed by atoms with van der Waals surface area (Å²) in [4.78, 5) is 11.0. The Morgan fingerprint density at radius 2 is 2.11 bits per heavy atom. The van der Waals surface area contributed by atoms with Crippen molar-refractivity contribution in [3.8, 4) is 11.5 Å². The summed E-state index contributed by atoms with van der Waals surface area (Å²) in [5.41, 5.74) is 1.01. The number of ether oxygens (including phenoxy) is 3. The predicted molar refractivity (Wildman–Crippen MR) is 113 cm³/mol. The minimum atomic E-state index is 0.0195. The highest BCUT2D eigenvalue weighted by Gasteiger charge is 2.12. The molecule has 1 unspecified atom stereocenters. The Kier molecular flexibility index (Phi) is 9.03. The maximum absolute atomic E-state index is 5.76. The third kappa shape index (κ3) is 6.69. The van der Waals surface area contributed by atoms with Crippen molar-refractivity contribution in [3.63, 3.8) is 0 Å². The van der Waals surface area contributed by atoms with E-state index >= 15 is 0 Å². The number of methoxy groups -OCH3 is 2. The molecule has 2 rings (SSSR count). The lowest BCUT2D eigenvalue weighted by atomic mass is 10.3. The zero-order chi connectivity index (χ0) is 20.4. The Hall–Kier alpha value is -2.32. The van der Waals surface area contributed by atoms with Gasteiger partial charge in [-0.05, 0) is 25.5 Å². The van der Waals surface area contributed by atoms with E-state index < -0.39 is 0 Å². The van der Waals surface area contributed by atoms with E-state index in [0.717, 1.165) is 41.1 Å². The Labute approximate surface area is 171 Å². The average Bonchev–Trinajstić information content (AvgIpc) is 3.18. The third-order valence-electron chi connectivity index (χ3n) is 4.16. The van der Waals surface area contributed by atoms with Gasteiger partial charge in [0.1, 0.15) is 22.6 Å². The van der Waals surface area contributed by atoms with Gasteiger partial charge in [0.2, 0.25) is 0 Å². The molecule has 28 heavy (non-hydrogen) atoms. The van der Waals surface area contributed by atoms with Crippen LogP contribution in [-0.4, -0.2) is 57.3 Å². The van der Waals surface area contributed by atoms with E-state index in [9.17, 15) is 0 Å². The first-order valence-electron chi connectivity index (χ1n) is 9.23. The number of hydrogen-bond donors (Lipinski definition) is 1. The molecule has 2 aromatic rings. The van der Waals surface area contributed by atoms with Crippen LogP contribution in [0.3, 0.4) is 0 Å². The van der Waals surface area contributed by atoms with Crippen molar-refractivity contribution >= 4 is 17.3 Å². The van der Waals surface area contributed by atoms with Crippen LogP contribution in [0.4, 0.5) is 0 Å². The standard InChI is InChI=1S/C20H30N4O3S/c1-15(25-4)19-23-16(14-28-19)13-24(3)20(21-2)22-10-7-11-27-18-9-6-8-17(12-18)26-5/h6,8-9,12,14-15H,7,10-11,13H2,1-5H3,(H,21,22). The molecule has 0 radical (unpaired) electrons. The zero-order valence-corrected chi connectivity index (χ0v) is 18.1. The highest BCUT2D eigenvalue weighted by atomic mass is 32.1. The van der Waals surface area contributed by atoms with E-state index in [2.05, 4.69) is 25.6 Å². The Morgan fingerprint density at radius 1 is 1.32 bits per heavy atom. The van der Waals surface area contributed by atoms with Crippen molar-refractivity contribution in [1.82, 2.24) is 15.2 Å². The fraction of sp³-hybridized carbons (Fsp3) is 0.500. The van der Waals surface area contributed by atoms with Crippen LogP contribution < -0.4 is 14.8 Å². The first-order chi connectivity index (χ1) is 13.6. The smallest absolute Gasteiger partial charge is 0.193 e. The largest absolute Gasteiger partial charge is 0.497 e. The summed E-state index contributed by atoms with van der Waals surface area (Å²) < 4.78 is 16.3. The Balaban J connectivity index is 1.73. The van der Waals surface area contributed by atoms with Gasteiger partial charge in [-0.1, -0.05) is 6.07 Å². The number of nitrogens with zero attached hydrogens (tertiary/aromatic N) is 3. The van der Waals surface area contributed by atoms with Gasteiger partial charge in [0.25, 0.3) is 0 Å². The summed E-state index contributed by atoms with van der Waals surface area (Å²) in [6.07, 6.45) is 0.877. The van der Waals surface area contributed by atoms with Crippen molar-refractivity contribution in [2.75, 3.05) is 41.5 Å². The molecule has 0 saturated heterocycles. The van der Waals surface area contributed by atoms with E-state index in [1.54, 1.807) is 32.6 Å². The second-order valence-corrected chi connectivity index (χ2v) is 7.16. The summed E-state index contributed by atoms with van der Waals surface area (Å²) in [6.45, 7) is 4.07. The molecule has 1 aromatic carbocycles. The number of aromatic nitrogens is 1. The molecule has 0 saturated carbocycles. The summed E-state index contributed by atoms with van der Waals surface area (Å²) in [6, 6.07) is 7.62. The number of rotatable bonds is 10. The minimum Gasteiger partial charge on any atom is -0.497 e. The summed E-state index contributed by atoms with van der Waals surface area (Å²) in [5.74, 6) is 2.43. The normalized spacial score (nSPS) is 12.5. The lowest BCUT2D eigenvalue weighted by Gasteiger charge is -2.21. The zero-order valence-electron chi connectivity index (χ0n) is 17.3. The number of benzene rings is 1. The Morgan fingerprint density at radius 3 is 2.82 bits per heavy atom. The molecule has 1 heterocycles. The molecule has 0 spiro atoms. The minimum absolute atomic E-state index is 0.0195. The van der Waals surface area contributed by atoms with Crippen LogP contribution in [0.2, 0.25) is 0 Å². The van der Waals surface area contributed by atoms with Crippen molar-refractivity contribution in [2.45, 2.75) is 26.0 Å². The maximum atomic E-state index is 5.76. The lowest BCUT2D eigenvalue weighted by molar-refractivity contribution is 0.119.